The van der Waals surface area contributed by atoms with Gasteiger partial charge in [0.25, 0.3) is 0 Å². The SMILES string of the molecule is COc1nc(-c2ccnn2C2CCCCO2)c(NC(=O)C(C)Cl)cc1C. The number of pyridine rings is 1. The molecule has 0 aliphatic carbocycles. The molecule has 1 aliphatic rings. The topological polar surface area (TPSA) is 78.3 Å². The zero-order valence-electron chi connectivity index (χ0n) is 15.2. The van der Waals surface area contributed by atoms with Gasteiger partial charge in [0.1, 0.15) is 11.1 Å². The highest BCUT2D eigenvalue weighted by Gasteiger charge is 2.23. The van der Waals surface area contributed by atoms with Crippen LogP contribution in [0.15, 0.2) is 18.3 Å². The molecule has 2 aromatic rings. The van der Waals surface area contributed by atoms with Gasteiger partial charge in [0.15, 0.2) is 6.23 Å². The van der Waals surface area contributed by atoms with E-state index in [0.717, 1.165) is 30.5 Å². The average Bonchev–Trinajstić information content (AvgIpc) is 3.12. The van der Waals surface area contributed by atoms with E-state index in [2.05, 4.69) is 15.4 Å². The molecule has 0 aromatic carbocycles. The Labute approximate surface area is 157 Å². The van der Waals surface area contributed by atoms with Crippen LogP contribution < -0.4 is 10.1 Å². The van der Waals surface area contributed by atoms with E-state index in [1.807, 2.05) is 23.7 Å². The molecular weight excluding hydrogens is 356 g/mol. The summed E-state index contributed by atoms with van der Waals surface area (Å²) in [5.74, 6) is 0.202. The van der Waals surface area contributed by atoms with Gasteiger partial charge in [0, 0.05) is 18.4 Å². The first-order chi connectivity index (χ1) is 12.5. The number of amides is 1. The smallest absolute Gasteiger partial charge is 0.242 e. The molecule has 1 fully saturated rings. The maximum atomic E-state index is 12.1. The summed E-state index contributed by atoms with van der Waals surface area (Å²) in [4.78, 5) is 16.7. The molecule has 8 heteroatoms. The van der Waals surface area contributed by atoms with E-state index in [-0.39, 0.29) is 12.1 Å². The largest absolute Gasteiger partial charge is 0.481 e. The molecule has 2 unspecified atom stereocenters. The van der Waals surface area contributed by atoms with E-state index in [1.165, 1.54) is 0 Å². The van der Waals surface area contributed by atoms with Crippen molar-refractivity contribution >= 4 is 23.2 Å². The van der Waals surface area contributed by atoms with Gasteiger partial charge in [-0.05, 0) is 45.2 Å². The Bertz CT molecular complexity index is 785. The van der Waals surface area contributed by atoms with Gasteiger partial charge in [-0.3, -0.25) is 4.79 Å². The minimum atomic E-state index is -0.656. The quantitative estimate of drug-likeness (QED) is 0.805. The van der Waals surface area contributed by atoms with Gasteiger partial charge in [-0.15, -0.1) is 11.6 Å². The Balaban J connectivity index is 2.05. The highest BCUT2D eigenvalue weighted by Crippen LogP contribution is 2.34. The lowest BCUT2D eigenvalue weighted by Crippen LogP contribution is -2.22. The summed E-state index contributed by atoms with van der Waals surface area (Å²) in [7, 11) is 1.57. The number of carbonyl (C=O) groups excluding carboxylic acids is 1. The molecule has 140 valence electrons. The molecule has 0 bridgehead atoms. The van der Waals surface area contributed by atoms with Crippen LogP contribution in [0.1, 0.15) is 38.0 Å². The number of nitrogens with one attached hydrogen (secondary N) is 1. The Morgan fingerprint density at radius 2 is 2.31 bits per heavy atom. The van der Waals surface area contributed by atoms with E-state index in [9.17, 15) is 4.79 Å². The molecule has 2 aromatic heterocycles. The van der Waals surface area contributed by atoms with Gasteiger partial charge in [0.2, 0.25) is 11.8 Å². The van der Waals surface area contributed by atoms with E-state index in [4.69, 9.17) is 21.1 Å². The van der Waals surface area contributed by atoms with E-state index >= 15 is 0 Å². The molecule has 0 saturated carbocycles. The number of aromatic nitrogens is 3. The monoisotopic (exact) mass is 378 g/mol. The zero-order valence-corrected chi connectivity index (χ0v) is 15.9. The van der Waals surface area contributed by atoms with Crippen molar-refractivity contribution < 1.29 is 14.3 Å². The third kappa shape index (κ3) is 3.83. The summed E-state index contributed by atoms with van der Waals surface area (Å²) in [5.41, 5.74) is 2.71. The van der Waals surface area contributed by atoms with Crippen LogP contribution >= 0.6 is 11.6 Å². The number of carbonyl (C=O) groups is 1. The van der Waals surface area contributed by atoms with Gasteiger partial charge in [-0.2, -0.15) is 5.10 Å². The molecule has 0 spiro atoms. The summed E-state index contributed by atoms with van der Waals surface area (Å²) in [6.45, 7) is 4.21. The number of rotatable bonds is 5. The van der Waals surface area contributed by atoms with Crippen molar-refractivity contribution in [2.75, 3.05) is 19.0 Å². The summed E-state index contributed by atoms with van der Waals surface area (Å²) in [6, 6.07) is 3.69. The normalized spacial score (nSPS) is 18.4. The Morgan fingerprint density at radius 3 is 2.96 bits per heavy atom. The standard InChI is InChI=1S/C18H23ClN4O3/c1-11-10-13(21-17(24)12(2)19)16(22-18(11)25-3)14-7-8-20-23(14)15-6-4-5-9-26-15/h7-8,10,12,15H,4-6,9H2,1-3H3,(H,21,24). The molecule has 1 amide bonds. The second-order valence-electron chi connectivity index (χ2n) is 6.30. The molecule has 7 nitrogen and oxygen atoms in total. The second-order valence-corrected chi connectivity index (χ2v) is 6.95. The summed E-state index contributed by atoms with van der Waals surface area (Å²) < 4.78 is 13.0. The molecular formula is C18H23ClN4O3. The van der Waals surface area contributed by atoms with Gasteiger partial charge in [0.05, 0.1) is 18.5 Å². The number of ether oxygens (including phenoxy) is 2. The zero-order chi connectivity index (χ0) is 18.7. The van der Waals surface area contributed by atoms with Gasteiger partial charge >= 0.3 is 0 Å². The lowest BCUT2D eigenvalue weighted by molar-refractivity contribution is -0.115. The molecule has 0 radical (unpaired) electrons. The molecule has 3 rings (SSSR count). The predicted octanol–water partition coefficient (Wildman–Crippen LogP) is 3.53. The minimum Gasteiger partial charge on any atom is -0.481 e. The van der Waals surface area contributed by atoms with E-state index in [1.54, 1.807) is 20.2 Å². The molecule has 1 N–H and O–H groups in total. The molecule has 1 saturated heterocycles. The van der Waals surface area contributed by atoms with Crippen LogP contribution in [0.5, 0.6) is 5.88 Å². The van der Waals surface area contributed by atoms with E-state index < -0.39 is 5.38 Å². The van der Waals surface area contributed by atoms with Crippen molar-refractivity contribution in [2.45, 2.75) is 44.7 Å². The molecule has 2 atom stereocenters. The molecule has 26 heavy (non-hydrogen) atoms. The van der Waals surface area contributed by atoms with Crippen LogP contribution in [0, 0.1) is 6.92 Å². The molecule has 1 aliphatic heterocycles. The average molecular weight is 379 g/mol. The van der Waals surface area contributed by atoms with Crippen molar-refractivity contribution in [3.05, 3.63) is 23.9 Å². The van der Waals surface area contributed by atoms with Crippen molar-refractivity contribution in [3.63, 3.8) is 0 Å². The van der Waals surface area contributed by atoms with Crippen molar-refractivity contribution in [3.8, 4) is 17.3 Å². The first-order valence-corrected chi connectivity index (χ1v) is 9.11. The fourth-order valence-corrected chi connectivity index (χ4v) is 3.03. The number of alkyl halides is 1. The first-order valence-electron chi connectivity index (χ1n) is 8.67. The number of nitrogens with zero attached hydrogens (tertiary/aromatic N) is 3. The number of methoxy groups -OCH3 is 1. The van der Waals surface area contributed by atoms with Gasteiger partial charge in [-0.25, -0.2) is 9.67 Å². The van der Waals surface area contributed by atoms with Crippen LogP contribution in [0.2, 0.25) is 0 Å². The fraction of sp³-hybridized carbons (Fsp3) is 0.500. The van der Waals surface area contributed by atoms with Crippen molar-refractivity contribution in [2.24, 2.45) is 0 Å². The van der Waals surface area contributed by atoms with Crippen LogP contribution in [0.3, 0.4) is 0 Å². The number of hydrogen-bond donors (Lipinski definition) is 1. The highest BCUT2D eigenvalue weighted by atomic mass is 35.5. The van der Waals surface area contributed by atoms with Gasteiger partial charge < -0.3 is 14.8 Å². The number of halogens is 1. The third-order valence-electron chi connectivity index (χ3n) is 4.32. The second kappa shape index (κ2) is 8.05. The third-order valence-corrected chi connectivity index (χ3v) is 4.52. The summed E-state index contributed by atoms with van der Waals surface area (Å²) in [5, 5.41) is 6.62. The van der Waals surface area contributed by atoms with Crippen LogP contribution in [0.4, 0.5) is 5.69 Å². The number of hydrogen-bond acceptors (Lipinski definition) is 5. The number of aryl methyl sites for hydroxylation is 1. The lowest BCUT2D eigenvalue weighted by atomic mass is 10.1. The van der Waals surface area contributed by atoms with Crippen LogP contribution in [-0.2, 0) is 9.53 Å². The number of anilines is 1. The van der Waals surface area contributed by atoms with Crippen molar-refractivity contribution in [1.82, 2.24) is 14.8 Å². The maximum Gasteiger partial charge on any atom is 0.242 e. The highest BCUT2D eigenvalue weighted by molar-refractivity contribution is 6.32. The fourth-order valence-electron chi connectivity index (χ4n) is 2.97. The predicted molar refractivity (Wildman–Crippen MR) is 99.5 cm³/mol. The Morgan fingerprint density at radius 1 is 1.50 bits per heavy atom. The lowest BCUT2D eigenvalue weighted by Gasteiger charge is -2.25. The van der Waals surface area contributed by atoms with Crippen LogP contribution in [0.25, 0.3) is 11.4 Å². The maximum absolute atomic E-state index is 12.1. The summed E-state index contributed by atoms with van der Waals surface area (Å²) in [6.07, 6.45) is 4.59. The first kappa shape index (κ1) is 18.7. The Hall–Kier alpha value is -2.12. The van der Waals surface area contributed by atoms with Crippen molar-refractivity contribution in [1.29, 1.82) is 0 Å². The van der Waals surface area contributed by atoms with E-state index in [0.29, 0.717) is 23.9 Å². The summed E-state index contributed by atoms with van der Waals surface area (Å²) >= 11 is 5.91. The molecule has 3 heterocycles. The van der Waals surface area contributed by atoms with Gasteiger partial charge in [-0.1, -0.05) is 0 Å². The minimum absolute atomic E-state index is 0.140. The van der Waals surface area contributed by atoms with Crippen LogP contribution in [-0.4, -0.2) is 39.8 Å². The Kier molecular flexibility index (Phi) is 5.78.